The maximum atomic E-state index is 12.0. The Morgan fingerprint density at radius 2 is 2.00 bits per heavy atom. The first kappa shape index (κ1) is 15.2. The van der Waals surface area contributed by atoms with Crippen molar-refractivity contribution < 1.29 is 14.3 Å². The van der Waals surface area contributed by atoms with E-state index in [0.717, 1.165) is 11.1 Å². The highest BCUT2D eigenvalue weighted by atomic mass is 16.5. The maximum absolute atomic E-state index is 12.0. The van der Waals surface area contributed by atoms with Crippen LogP contribution in [0.3, 0.4) is 0 Å². The van der Waals surface area contributed by atoms with Gasteiger partial charge in [-0.25, -0.2) is 0 Å². The van der Waals surface area contributed by atoms with Crippen molar-refractivity contribution in [2.24, 2.45) is 0 Å². The fourth-order valence-electron chi connectivity index (χ4n) is 1.74. The average Bonchev–Trinajstić information content (AvgIpc) is 2.37. The zero-order valence-corrected chi connectivity index (χ0v) is 11.8. The van der Waals surface area contributed by atoms with Crippen LogP contribution in [0.2, 0.25) is 0 Å². The quantitative estimate of drug-likeness (QED) is 0.633. The predicted molar refractivity (Wildman–Crippen MR) is 74.1 cm³/mol. The first-order chi connectivity index (χ1) is 9.04. The summed E-state index contributed by atoms with van der Waals surface area (Å²) in [6.45, 7) is 6.52. The molecule has 0 spiro atoms. The SMILES string of the molecule is CCOC(=O)CCCNC(=O)c1cc(C)ccc1C. The van der Waals surface area contributed by atoms with Crippen molar-refractivity contribution in [3.05, 3.63) is 34.9 Å². The number of aryl methyl sites for hydroxylation is 2. The summed E-state index contributed by atoms with van der Waals surface area (Å²) in [5, 5.41) is 2.82. The largest absolute Gasteiger partial charge is 0.466 e. The molecule has 0 aliphatic heterocycles. The van der Waals surface area contributed by atoms with Crippen LogP contribution >= 0.6 is 0 Å². The molecule has 4 heteroatoms. The van der Waals surface area contributed by atoms with E-state index in [-0.39, 0.29) is 11.9 Å². The lowest BCUT2D eigenvalue weighted by atomic mass is 10.1. The molecule has 0 atom stereocenters. The van der Waals surface area contributed by atoms with Crippen molar-refractivity contribution in [1.82, 2.24) is 5.32 Å². The summed E-state index contributed by atoms with van der Waals surface area (Å²) in [6.07, 6.45) is 0.927. The molecule has 0 saturated carbocycles. The standard InChI is InChI=1S/C15H21NO3/c1-4-19-14(17)6-5-9-16-15(18)13-10-11(2)7-8-12(13)3/h7-8,10H,4-6,9H2,1-3H3,(H,16,18). The Labute approximate surface area is 114 Å². The van der Waals surface area contributed by atoms with Crippen molar-refractivity contribution in [1.29, 1.82) is 0 Å². The van der Waals surface area contributed by atoms with E-state index >= 15 is 0 Å². The Kier molecular flexibility index (Phi) is 6.06. The first-order valence-corrected chi connectivity index (χ1v) is 6.55. The average molecular weight is 263 g/mol. The third-order valence-electron chi connectivity index (χ3n) is 2.79. The molecular weight excluding hydrogens is 242 g/mol. The summed E-state index contributed by atoms with van der Waals surface area (Å²) in [4.78, 5) is 23.1. The Balaban J connectivity index is 2.39. The van der Waals surface area contributed by atoms with Crippen LogP contribution in [0.5, 0.6) is 0 Å². The minimum Gasteiger partial charge on any atom is -0.466 e. The van der Waals surface area contributed by atoms with Gasteiger partial charge in [-0.05, 0) is 38.8 Å². The molecule has 1 N–H and O–H groups in total. The second-order valence-electron chi connectivity index (χ2n) is 4.48. The molecule has 1 aromatic carbocycles. The molecule has 19 heavy (non-hydrogen) atoms. The van der Waals surface area contributed by atoms with Gasteiger partial charge in [-0.3, -0.25) is 9.59 Å². The van der Waals surface area contributed by atoms with E-state index in [1.807, 2.05) is 32.0 Å². The van der Waals surface area contributed by atoms with E-state index in [4.69, 9.17) is 4.74 Å². The van der Waals surface area contributed by atoms with Crippen LogP contribution < -0.4 is 5.32 Å². The molecule has 1 rings (SSSR count). The molecule has 104 valence electrons. The Morgan fingerprint density at radius 3 is 2.68 bits per heavy atom. The molecule has 0 radical (unpaired) electrons. The summed E-state index contributed by atoms with van der Waals surface area (Å²) >= 11 is 0. The van der Waals surface area contributed by atoms with Gasteiger partial charge in [0, 0.05) is 18.5 Å². The van der Waals surface area contributed by atoms with E-state index in [0.29, 0.717) is 31.6 Å². The maximum Gasteiger partial charge on any atom is 0.305 e. The zero-order chi connectivity index (χ0) is 14.3. The summed E-state index contributed by atoms with van der Waals surface area (Å²) in [5.41, 5.74) is 2.70. The number of carbonyl (C=O) groups excluding carboxylic acids is 2. The van der Waals surface area contributed by atoms with E-state index < -0.39 is 0 Å². The normalized spacial score (nSPS) is 10.1. The molecule has 1 amide bonds. The van der Waals surface area contributed by atoms with Crippen LogP contribution in [0.4, 0.5) is 0 Å². The van der Waals surface area contributed by atoms with Gasteiger partial charge in [-0.1, -0.05) is 17.7 Å². The van der Waals surface area contributed by atoms with Gasteiger partial charge in [0.15, 0.2) is 0 Å². The summed E-state index contributed by atoms with van der Waals surface area (Å²) in [7, 11) is 0. The predicted octanol–water partition coefficient (Wildman–Crippen LogP) is 2.38. The van der Waals surface area contributed by atoms with Crippen LogP contribution in [-0.4, -0.2) is 25.0 Å². The van der Waals surface area contributed by atoms with Crippen LogP contribution in [0.15, 0.2) is 18.2 Å². The van der Waals surface area contributed by atoms with E-state index in [1.165, 1.54) is 0 Å². The van der Waals surface area contributed by atoms with E-state index in [9.17, 15) is 9.59 Å². The van der Waals surface area contributed by atoms with Gasteiger partial charge >= 0.3 is 5.97 Å². The number of carbonyl (C=O) groups is 2. The number of amides is 1. The fraction of sp³-hybridized carbons (Fsp3) is 0.467. The second kappa shape index (κ2) is 7.56. The number of ether oxygens (including phenoxy) is 1. The summed E-state index contributed by atoms with van der Waals surface area (Å²) in [5.74, 6) is -0.312. The third-order valence-corrected chi connectivity index (χ3v) is 2.79. The van der Waals surface area contributed by atoms with Crippen molar-refractivity contribution in [3.63, 3.8) is 0 Å². The lowest BCUT2D eigenvalue weighted by Crippen LogP contribution is -2.25. The van der Waals surface area contributed by atoms with Gasteiger partial charge in [-0.15, -0.1) is 0 Å². The number of benzene rings is 1. The lowest BCUT2D eigenvalue weighted by Gasteiger charge is -2.08. The molecule has 0 fully saturated rings. The zero-order valence-electron chi connectivity index (χ0n) is 11.8. The fourth-order valence-corrected chi connectivity index (χ4v) is 1.74. The van der Waals surface area contributed by atoms with Gasteiger partial charge in [0.1, 0.15) is 0 Å². The molecular formula is C15H21NO3. The van der Waals surface area contributed by atoms with Gasteiger partial charge in [0.05, 0.1) is 6.61 Å². The van der Waals surface area contributed by atoms with Crippen LogP contribution in [0.1, 0.15) is 41.3 Å². The second-order valence-corrected chi connectivity index (χ2v) is 4.48. The van der Waals surface area contributed by atoms with Crippen molar-refractivity contribution in [2.75, 3.05) is 13.2 Å². The lowest BCUT2D eigenvalue weighted by molar-refractivity contribution is -0.143. The third kappa shape index (κ3) is 5.12. The molecule has 4 nitrogen and oxygen atoms in total. The summed E-state index contributed by atoms with van der Waals surface area (Å²) < 4.78 is 4.82. The van der Waals surface area contributed by atoms with E-state index in [1.54, 1.807) is 6.92 Å². The Bertz CT molecular complexity index is 455. The number of nitrogens with one attached hydrogen (secondary N) is 1. The number of rotatable bonds is 6. The van der Waals surface area contributed by atoms with Gasteiger partial charge in [0.25, 0.3) is 5.91 Å². The molecule has 0 unspecified atom stereocenters. The molecule has 0 aromatic heterocycles. The smallest absolute Gasteiger partial charge is 0.305 e. The topological polar surface area (TPSA) is 55.4 Å². The minimum atomic E-state index is -0.219. The van der Waals surface area contributed by atoms with Crippen LogP contribution in [0.25, 0.3) is 0 Å². The van der Waals surface area contributed by atoms with Gasteiger partial charge < -0.3 is 10.1 Å². The Morgan fingerprint density at radius 1 is 1.26 bits per heavy atom. The van der Waals surface area contributed by atoms with Crippen LogP contribution in [0, 0.1) is 13.8 Å². The van der Waals surface area contributed by atoms with E-state index in [2.05, 4.69) is 5.32 Å². The number of esters is 1. The van der Waals surface area contributed by atoms with Gasteiger partial charge in [-0.2, -0.15) is 0 Å². The van der Waals surface area contributed by atoms with Crippen molar-refractivity contribution >= 4 is 11.9 Å². The molecule has 0 heterocycles. The number of hydrogen-bond acceptors (Lipinski definition) is 3. The number of hydrogen-bond donors (Lipinski definition) is 1. The summed E-state index contributed by atoms with van der Waals surface area (Å²) in [6, 6.07) is 5.78. The van der Waals surface area contributed by atoms with Gasteiger partial charge in [0.2, 0.25) is 0 Å². The molecule has 0 aliphatic rings. The molecule has 1 aromatic rings. The highest BCUT2D eigenvalue weighted by Crippen LogP contribution is 2.10. The van der Waals surface area contributed by atoms with Crippen molar-refractivity contribution in [3.8, 4) is 0 Å². The molecule has 0 bridgehead atoms. The monoisotopic (exact) mass is 263 g/mol. The highest BCUT2D eigenvalue weighted by Gasteiger charge is 2.09. The highest BCUT2D eigenvalue weighted by molar-refractivity contribution is 5.95. The molecule has 0 saturated heterocycles. The van der Waals surface area contributed by atoms with Crippen molar-refractivity contribution in [2.45, 2.75) is 33.6 Å². The minimum absolute atomic E-state index is 0.0925. The first-order valence-electron chi connectivity index (χ1n) is 6.55. The van der Waals surface area contributed by atoms with Crippen LogP contribution in [-0.2, 0) is 9.53 Å². The Hall–Kier alpha value is -1.84. The molecule has 0 aliphatic carbocycles.